The Kier molecular flexibility index (Phi) is 8.16. The first-order valence-electron chi connectivity index (χ1n) is 10.4. The molecule has 0 saturated heterocycles. The van der Waals surface area contributed by atoms with Gasteiger partial charge in [-0.05, 0) is 55.8 Å². The first kappa shape index (κ1) is 27.0. The van der Waals surface area contributed by atoms with Gasteiger partial charge in [0.05, 0.1) is 31.6 Å². The Labute approximate surface area is 215 Å². The smallest absolute Gasteiger partial charge is 0.264 e. The SMILES string of the molecule is Cc1ccc(S(=O)(=O)N(CC(=O)NC(C)c2ccc(S(C)(=O)=O)cc2)c2cccc(Cl)c2Cl)cc1. The van der Waals surface area contributed by atoms with E-state index in [1.807, 2.05) is 6.92 Å². The van der Waals surface area contributed by atoms with Crippen LogP contribution in [0, 0.1) is 6.92 Å². The van der Waals surface area contributed by atoms with E-state index in [1.54, 1.807) is 37.3 Å². The highest BCUT2D eigenvalue weighted by atomic mass is 35.5. The van der Waals surface area contributed by atoms with Gasteiger partial charge in [-0.1, -0.05) is 59.1 Å². The van der Waals surface area contributed by atoms with Crippen LogP contribution >= 0.6 is 23.2 Å². The summed E-state index contributed by atoms with van der Waals surface area (Å²) in [4.78, 5) is 13.1. The third kappa shape index (κ3) is 6.35. The highest BCUT2D eigenvalue weighted by molar-refractivity contribution is 7.93. The Hall–Kier alpha value is -2.59. The second-order valence-corrected chi connectivity index (χ2v) is 12.7. The van der Waals surface area contributed by atoms with Crippen LogP contribution in [0.3, 0.4) is 0 Å². The number of sulfone groups is 1. The summed E-state index contributed by atoms with van der Waals surface area (Å²) in [6.07, 6.45) is 1.11. The van der Waals surface area contributed by atoms with Crippen LogP contribution in [0.15, 0.2) is 76.5 Å². The molecule has 11 heteroatoms. The summed E-state index contributed by atoms with van der Waals surface area (Å²) < 4.78 is 51.3. The number of rotatable bonds is 8. The lowest BCUT2D eigenvalue weighted by Crippen LogP contribution is -2.41. The van der Waals surface area contributed by atoms with Crippen molar-refractivity contribution in [3.63, 3.8) is 0 Å². The van der Waals surface area contributed by atoms with Crippen molar-refractivity contribution in [1.82, 2.24) is 5.32 Å². The van der Waals surface area contributed by atoms with E-state index in [0.29, 0.717) is 5.56 Å². The van der Waals surface area contributed by atoms with Crippen LogP contribution in [-0.4, -0.2) is 35.5 Å². The van der Waals surface area contributed by atoms with Crippen LogP contribution in [0.4, 0.5) is 5.69 Å². The first-order chi connectivity index (χ1) is 16.3. The van der Waals surface area contributed by atoms with E-state index in [1.165, 1.54) is 36.4 Å². The summed E-state index contributed by atoms with van der Waals surface area (Å²) in [5, 5.41) is 2.90. The van der Waals surface area contributed by atoms with Crippen molar-refractivity contribution in [3.8, 4) is 0 Å². The third-order valence-corrected chi connectivity index (χ3v) is 8.99. The maximum absolute atomic E-state index is 13.5. The average Bonchev–Trinajstić information content (AvgIpc) is 2.79. The zero-order valence-corrected chi connectivity index (χ0v) is 22.3. The number of amides is 1. The lowest BCUT2D eigenvalue weighted by Gasteiger charge is -2.26. The molecule has 1 N–H and O–H groups in total. The molecule has 0 fully saturated rings. The lowest BCUT2D eigenvalue weighted by molar-refractivity contribution is -0.120. The van der Waals surface area contributed by atoms with Crippen LogP contribution < -0.4 is 9.62 Å². The Morgan fingerprint density at radius 3 is 2.06 bits per heavy atom. The van der Waals surface area contributed by atoms with Crippen molar-refractivity contribution in [2.45, 2.75) is 29.7 Å². The van der Waals surface area contributed by atoms with Crippen molar-refractivity contribution >= 4 is 54.7 Å². The molecule has 1 amide bonds. The van der Waals surface area contributed by atoms with Gasteiger partial charge in [0.25, 0.3) is 10.0 Å². The molecule has 35 heavy (non-hydrogen) atoms. The number of nitrogens with zero attached hydrogens (tertiary/aromatic N) is 1. The highest BCUT2D eigenvalue weighted by Gasteiger charge is 2.29. The van der Waals surface area contributed by atoms with Crippen LogP contribution in [-0.2, 0) is 24.7 Å². The second-order valence-electron chi connectivity index (χ2n) is 8.03. The van der Waals surface area contributed by atoms with Crippen molar-refractivity contribution < 1.29 is 21.6 Å². The average molecular weight is 556 g/mol. The number of aryl methyl sites for hydroxylation is 1. The van der Waals surface area contributed by atoms with E-state index in [2.05, 4.69) is 5.32 Å². The molecule has 0 bridgehead atoms. The maximum atomic E-state index is 13.5. The van der Waals surface area contributed by atoms with E-state index in [0.717, 1.165) is 16.1 Å². The number of carbonyl (C=O) groups is 1. The third-order valence-electron chi connectivity index (χ3n) is 5.28. The normalized spacial score (nSPS) is 12.7. The largest absolute Gasteiger partial charge is 0.348 e. The fraction of sp³-hybridized carbons (Fsp3) is 0.208. The first-order valence-corrected chi connectivity index (χ1v) is 14.5. The highest BCUT2D eigenvalue weighted by Crippen LogP contribution is 2.35. The van der Waals surface area contributed by atoms with Gasteiger partial charge in [-0.2, -0.15) is 0 Å². The van der Waals surface area contributed by atoms with Gasteiger partial charge in [-0.25, -0.2) is 16.8 Å². The molecule has 186 valence electrons. The van der Waals surface area contributed by atoms with Gasteiger partial charge in [0.2, 0.25) is 5.91 Å². The minimum Gasteiger partial charge on any atom is -0.348 e. The summed E-state index contributed by atoms with van der Waals surface area (Å²) in [7, 11) is -7.52. The molecular weight excluding hydrogens is 531 g/mol. The van der Waals surface area contributed by atoms with Gasteiger partial charge in [0, 0.05) is 6.26 Å². The molecule has 3 rings (SSSR count). The number of hydrogen-bond donors (Lipinski definition) is 1. The van der Waals surface area contributed by atoms with E-state index >= 15 is 0 Å². The molecular formula is C24H24Cl2N2O5S2. The van der Waals surface area contributed by atoms with E-state index in [4.69, 9.17) is 23.2 Å². The van der Waals surface area contributed by atoms with E-state index < -0.39 is 38.4 Å². The van der Waals surface area contributed by atoms with E-state index in [9.17, 15) is 21.6 Å². The molecule has 7 nitrogen and oxygen atoms in total. The molecule has 0 aliphatic rings. The Balaban J connectivity index is 1.91. The fourth-order valence-corrected chi connectivity index (χ4v) is 5.84. The second kappa shape index (κ2) is 10.6. The molecule has 0 aliphatic carbocycles. The monoisotopic (exact) mass is 554 g/mol. The summed E-state index contributed by atoms with van der Waals surface area (Å²) in [5.74, 6) is -0.587. The molecule has 3 aromatic rings. The summed E-state index contributed by atoms with van der Waals surface area (Å²) >= 11 is 12.4. The van der Waals surface area contributed by atoms with Crippen molar-refractivity contribution in [2.24, 2.45) is 0 Å². The Morgan fingerprint density at radius 2 is 1.49 bits per heavy atom. The molecule has 0 radical (unpaired) electrons. The van der Waals surface area contributed by atoms with Gasteiger partial charge in [-0.3, -0.25) is 9.10 Å². The molecule has 0 spiro atoms. The van der Waals surface area contributed by atoms with Crippen LogP contribution in [0.2, 0.25) is 10.0 Å². The quantitative estimate of drug-likeness (QED) is 0.431. The Morgan fingerprint density at radius 1 is 0.914 bits per heavy atom. The van der Waals surface area contributed by atoms with Crippen molar-refractivity contribution in [3.05, 3.63) is 87.9 Å². The predicted molar refractivity (Wildman–Crippen MR) is 138 cm³/mol. The zero-order valence-electron chi connectivity index (χ0n) is 19.2. The standard InChI is InChI=1S/C24H24Cl2N2O5S2/c1-16-7-11-20(12-8-16)35(32,33)28(22-6-4-5-21(25)24(22)26)15-23(29)27-17(2)18-9-13-19(14-10-18)34(3,30)31/h4-14,17H,15H2,1-3H3,(H,27,29). The van der Waals surface area contributed by atoms with Gasteiger partial charge < -0.3 is 5.32 Å². The van der Waals surface area contributed by atoms with Gasteiger partial charge in [0.1, 0.15) is 6.54 Å². The van der Waals surface area contributed by atoms with Gasteiger partial charge in [0.15, 0.2) is 9.84 Å². The fourth-order valence-electron chi connectivity index (χ4n) is 3.33. The summed E-state index contributed by atoms with van der Waals surface area (Å²) in [5.41, 5.74) is 1.60. The summed E-state index contributed by atoms with van der Waals surface area (Å²) in [6, 6.07) is 16.3. The van der Waals surface area contributed by atoms with Crippen LogP contribution in [0.25, 0.3) is 0 Å². The van der Waals surface area contributed by atoms with Crippen LogP contribution in [0.1, 0.15) is 24.1 Å². The number of halogens is 2. The maximum Gasteiger partial charge on any atom is 0.264 e. The molecule has 1 unspecified atom stereocenters. The number of nitrogens with one attached hydrogen (secondary N) is 1. The Bertz CT molecular complexity index is 1440. The number of anilines is 1. The minimum absolute atomic E-state index is 0.00191. The number of hydrogen-bond acceptors (Lipinski definition) is 5. The van der Waals surface area contributed by atoms with Gasteiger partial charge in [-0.15, -0.1) is 0 Å². The van der Waals surface area contributed by atoms with Crippen LogP contribution in [0.5, 0.6) is 0 Å². The predicted octanol–water partition coefficient (Wildman–Crippen LogP) is 4.78. The number of carbonyl (C=O) groups excluding carboxylic acids is 1. The summed E-state index contributed by atoms with van der Waals surface area (Å²) in [6.45, 7) is 2.99. The number of benzene rings is 3. The molecule has 0 aromatic heterocycles. The van der Waals surface area contributed by atoms with Crippen molar-refractivity contribution in [2.75, 3.05) is 17.1 Å². The molecule has 1 atom stereocenters. The topological polar surface area (TPSA) is 101 Å². The molecule has 0 aliphatic heterocycles. The van der Waals surface area contributed by atoms with E-state index in [-0.39, 0.29) is 25.5 Å². The number of sulfonamides is 1. The molecule has 3 aromatic carbocycles. The lowest BCUT2D eigenvalue weighted by atomic mass is 10.1. The molecule has 0 saturated carbocycles. The van der Waals surface area contributed by atoms with Gasteiger partial charge >= 0.3 is 0 Å². The zero-order chi connectivity index (χ0) is 26.0. The van der Waals surface area contributed by atoms with Crippen molar-refractivity contribution in [1.29, 1.82) is 0 Å². The molecule has 0 heterocycles. The minimum atomic E-state index is -4.16.